The summed E-state index contributed by atoms with van der Waals surface area (Å²) in [6, 6.07) is -1.13. The van der Waals surface area contributed by atoms with E-state index in [0.717, 1.165) is 0 Å². The number of carboxylic acids is 1. The molecule has 2 atom stereocenters. The third-order valence-electron chi connectivity index (χ3n) is 2.20. The number of rotatable bonds is 7. The van der Waals surface area contributed by atoms with Crippen LogP contribution in [0.25, 0.3) is 0 Å². The van der Waals surface area contributed by atoms with Crippen LogP contribution in [0.4, 0.5) is 0 Å². The quantitative estimate of drug-likeness (QED) is 0.590. The summed E-state index contributed by atoms with van der Waals surface area (Å²) in [5.41, 5.74) is 0. The van der Waals surface area contributed by atoms with E-state index in [1.807, 2.05) is 0 Å². The second-order valence-corrected chi connectivity index (χ2v) is 3.39. The average Bonchev–Trinajstić information content (AvgIpc) is 2.31. The van der Waals surface area contributed by atoms with Gasteiger partial charge in [-0.1, -0.05) is 0 Å². The standard InChI is InChI=1S/C10H17NO6/c1-6(16-2)9(13)11-7(10(14)15)4-5-8(12)17-3/h6-7H,4-5H2,1-3H3,(H,11,13)(H,14,15). The maximum atomic E-state index is 11.4. The normalized spacial score (nSPS) is 13.6. The van der Waals surface area contributed by atoms with Crippen molar-refractivity contribution in [2.45, 2.75) is 31.9 Å². The Labute approximate surface area is 99.1 Å². The Morgan fingerprint density at radius 1 is 1.29 bits per heavy atom. The number of hydrogen-bond donors (Lipinski definition) is 2. The molecule has 0 aliphatic rings. The van der Waals surface area contributed by atoms with Crippen molar-refractivity contribution in [1.29, 1.82) is 0 Å². The summed E-state index contributed by atoms with van der Waals surface area (Å²) in [7, 11) is 2.55. The number of carboxylic acid groups (broad SMARTS) is 1. The van der Waals surface area contributed by atoms with Gasteiger partial charge < -0.3 is 19.9 Å². The predicted molar refractivity (Wildman–Crippen MR) is 57.3 cm³/mol. The zero-order chi connectivity index (χ0) is 13.4. The Balaban J connectivity index is 4.30. The highest BCUT2D eigenvalue weighted by molar-refractivity contribution is 5.86. The van der Waals surface area contributed by atoms with Crippen molar-refractivity contribution in [3.8, 4) is 0 Å². The molecule has 0 spiro atoms. The van der Waals surface area contributed by atoms with Gasteiger partial charge in [-0.3, -0.25) is 9.59 Å². The molecule has 0 fully saturated rings. The molecule has 0 aliphatic heterocycles. The molecule has 0 heterocycles. The van der Waals surface area contributed by atoms with Crippen molar-refractivity contribution in [1.82, 2.24) is 5.32 Å². The molecule has 2 N–H and O–H groups in total. The Hall–Kier alpha value is -1.63. The smallest absolute Gasteiger partial charge is 0.326 e. The van der Waals surface area contributed by atoms with Crippen molar-refractivity contribution in [2.24, 2.45) is 0 Å². The highest BCUT2D eigenvalue weighted by Crippen LogP contribution is 2.01. The Kier molecular flexibility index (Phi) is 6.88. The average molecular weight is 247 g/mol. The molecule has 0 saturated heterocycles. The summed E-state index contributed by atoms with van der Waals surface area (Å²) in [6.45, 7) is 1.49. The zero-order valence-corrected chi connectivity index (χ0v) is 10.1. The third kappa shape index (κ3) is 5.86. The first-order valence-corrected chi connectivity index (χ1v) is 5.05. The van der Waals surface area contributed by atoms with Crippen LogP contribution in [-0.4, -0.2) is 49.3 Å². The molecule has 0 bridgehead atoms. The maximum Gasteiger partial charge on any atom is 0.326 e. The summed E-state index contributed by atoms with van der Waals surface area (Å²) >= 11 is 0. The van der Waals surface area contributed by atoms with Gasteiger partial charge in [0, 0.05) is 13.5 Å². The lowest BCUT2D eigenvalue weighted by Crippen LogP contribution is -2.45. The van der Waals surface area contributed by atoms with Crippen molar-refractivity contribution in [3.63, 3.8) is 0 Å². The number of methoxy groups -OCH3 is 2. The Bertz CT molecular complexity index is 291. The fraction of sp³-hybridized carbons (Fsp3) is 0.700. The molecule has 2 unspecified atom stereocenters. The van der Waals surface area contributed by atoms with Crippen LogP contribution in [0, 0.1) is 0 Å². The summed E-state index contributed by atoms with van der Waals surface area (Å²) in [5, 5.41) is 11.1. The van der Waals surface area contributed by atoms with E-state index in [1.54, 1.807) is 0 Å². The van der Waals surface area contributed by atoms with Crippen LogP contribution in [0.1, 0.15) is 19.8 Å². The van der Waals surface area contributed by atoms with Gasteiger partial charge in [0.05, 0.1) is 7.11 Å². The van der Waals surface area contributed by atoms with E-state index in [-0.39, 0.29) is 12.8 Å². The van der Waals surface area contributed by atoms with Gasteiger partial charge in [-0.2, -0.15) is 0 Å². The van der Waals surface area contributed by atoms with E-state index < -0.39 is 30.0 Å². The molecule has 0 aromatic heterocycles. The minimum Gasteiger partial charge on any atom is -0.480 e. The van der Waals surface area contributed by atoms with Crippen molar-refractivity contribution in [2.75, 3.05) is 14.2 Å². The van der Waals surface area contributed by atoms with E-state index in [1.165, 1.54) is 21.1 Å². The molecular formula is C10H17NO6. The lowest BCUT2D eigenvalue weighted by molar-refractivity contribution is -0.145. The second kappa shape index (κ2) is 7.61. The number of esters is 1. The molecule has 0 aliphatic carbocycles. The molecule has 0 saturated carbocycles. The van der Waals surface area contributed by atoms with Gasteiger partial charge in [-0.25, -0.2) is 4.79 Å². The SMILES string of the molecule is COC(=O)CCC(NC(=O)C(C)OC)C(=O)O. The number of carbonyl (C=O) groups is 3. The Morgan fingerprint density at radius 2 is 1.88 bits per heavy atom. The van der Waals surface area contributed by atoms with Crippen molar-refractivity contribution >= 4 is 17.8 Å². The molecule has 0 aromatic carbocycles. The van der Waals surface area contributed by atoms with Crippen LogP contribution in [0.2, 0.25) is 0 Å². The topological polar surface area (TPSA) is 102 Å². The summed E-state index contributed by atoms with van der Waals surface area (Å²) in [4.78, 5) is 33.1. The minimum atomic E-state index is -1.20. The predicted octanol–water partition coefficient (Wildman–Crippen LogP) is -0.456. The van der Waals surface area contributed by atoms with Crippen molar-refractivity contribution in [3.05, 3.63) is 0 Å². The summed E-state index contributed by atoms with van der Waals surface area (Å²) in [6.07, 6.45) is -0.839. The number of aliphatic carboxylic acids is 1. The first-order valence-electron chi connectivity index (χ1n) is 5.05. The number of nitrogens with one attached hydrogen (secondary N) is 1. The van der Waals surface area contributed by atoms with E-state index in [9.17, 15) is 14.4 Å². The lowest BCUT2D eigenvalue weighted by Gasteiger charge is -2.16. The molecule has 0 aromatic rings. The summed E-state index contributed by atoms with van der Waals surface area (Å²) < 4.78 is 9.13. The van der Waals surface area contributed by atoms with Gasteiger partial charge in [0.15, 0.2) is 0 Å². The molecular weight excluding hydrogens is 230 g/mol. The number of amides is 1. The van der Waals surface area contributed by atoms with Crippen LogP contribution in [-0.2, 0) is 23.9 Å². The second-order valence-electron chi connectivity index (χ2n) is 3.39. The fourth-order valence-corrected chi connectivity index (χ4v) is 1.02. The summed E-state index contributed by atoms with van der Waals surface area (Å²) in [5.74, 6) is -2.26. The van der Waals surface area contributed by atoms with E-state index in [4.69, 9.17) is 9.84 Å². The third-order valence-corrected chi connectivity index (χ3v) is 2.20. The molecule has 7 nitrogen and oxygen atoms in total. The lowest BCUT2D eigenvalue weighted by atomic mass is 10.1. The largest absolute Gasteiger partial charge is 0.480 e. The minimum absolute atomic E-state index is 0.0236. The molecule has 98 valence electrons. The van der Waals surface area contributed by atoms with Gasteiger partial charge in [-0.15, -0.1) is 0 Å². The molecule has 17 heavy (non-hydrogen) atoms. The van der Waals surface area contributed by atoms with Gasteiger partial charge in [0.25, 0.3) is 0 Å². The van der Waals surface area contributed by atoms with Gasteiger partial charge >= 0.3 is 11.9 Å². The first kappa shape index (κ1) is 15.4. The van der Waals surface area contributed by atoms with E-state index in [0.29, 0.717) is 0 Å². The number of hydrogen-bond acceptors (Lipinski definition) is 5. The highest BCUT2D eigenvalue weighted by atomic mass is 16.5. The van der Waals surface area contributed by atoms with Crippen LogP contribution >= 0.6 is 0 Å². The van der Waals surface area contributed by atoms with Gasteiger partial charge in [0.2, 0.25) is 5.91 Å². The van der Waals surface area contributed by atoms with Gasteiger partial charge in [0.1, 0.15) is 12.1 Å². The fourth-order valence-electron chi connectivity index (χ4n) is 1.02. The number of ether oxygens (including phenoxy) is 2. The van der Waals surface area contributed by atoms with Crippen LogP contribution < -0.4 is 5.32 Å². The van der Waals surface area contributed by atoms with Gasteiger partial charge in [-0.05, 0) is 13.3 Å². The molecule has 0 radical (unpaired) electrons. The van der Waals surface area contributed by atoms with Crippen molar-refractivity contribution < 1.29 is 29.0 Å². The maximum absolute atomic E-state index is 11.4. The molecule has 7 heteroatoms. The van der Waals surface area contributed by atoms with E-state index >= 15 is 0 Å². The number of carbonyl (C=O) groups excluding carboxylic acids is 2. The molecule has 0 rings (SSSR count). The zero-order valence-electron chi connectivity index (χ0n) is 10.1. The van der Waals surface area contributed by atoms with Crippen LogP contribution in [0.15, 0.2) is 0 Å². The Morgan fingerprint density at radius 3 is 2.29 bits per heavy atom. The van der Waals surface area contributed by atoms with E-state index in [2.05, 4.69) is 10.1 Å². The van der Waals surface area contributed by atoms with Crippen LogP contribution in [0.3, 0.4) is 0 Å². The molecule has 1 amide bonds. The van der Waals surface area contributed by atoms with Crippen LogP contribution in [0.5, 0.6) is 0 Å². The first-order chi connectivity index (χ1) is 7.92. The highest BCUT2D eigenvalue weighted by Gasteiger charge is 2.23. The monoisotopic (exact) mass is 247 g/mol.